The van der Waals surface area contributed by atoms with Crippen LogP contribution >= 0.6 is 0 Å². The van der Waals surface area contributed by atoms with Gasteiger partial charge in [0.25, 0.3) is 0 Å². The molecule has 4 aliphatic heterocycles. The zero-order valence-electron chi connectivity index (χ0n) is 41.2. The van der Waals surface area contributed by atoms with Gasteiger partial charge < -0.3 is 53.9 Å². The van der Waals surface area contributed by atoms with E-state index in [0.717, 1.165) is 58.3 Å². The maximum Gasteiger partial charge on any atom is 0.407 e. The number of benzene rings is 3. The van der Waals surface area contributed by atoms with Crippen LogP contribution in [-0.4, -0.2) is 103 Å². The predicted molar refractivity (Wildman–Crippen MR) is 262 cm³/mol. The Morgan fingerprint density at radius 1 is 0.761 bits per heavy atom. The summed E-state index contributed by atoms with van der Waals surface area (Å²) in [6.45, 7) is 12.7. The minimum Gasteiger partial charge on any atom is -0.487 e. The molecule has 2 saturated heterocycles. The fourth-order valence-corrected chi connectivity index (χ4v) is 10.8. The van der Waals surface area contributed by atoms with E-state index in [1.807, 2.05) is 74.7 Å². The molecule has 10 rings (SSSR count). The summed E-state index contributed by atoms with van der Waals surface area (Å²) in [5.41, 5.74) is 6.00. The van der Waals surface area contributed by atoms with Crippen molar-refractivity contribution in [3.05, 3.63) is 95.6 Å². The van der Waals surface area contributed by atoms with Crippen LogP contribution in [0.25, 0.3) is 44.7 Å². The summed E-state index contributed by atoms with van der Waals surface area (Å²) in [6, 6.07) is 15.2. The molecule has 4 N–H and O–H groups in total. The SMILES string of the molecule is COC(=O)N[C@H](C(=O)N1CCC[C@H]1c1ncc(-c2cc(F)c3c(c2)OC(c2ccc4c(c2)OC(C)(C)C4)n2c-3cc3cc(-c4cnc([C@@H]5CCCN5C(=O)[C@@H](NC(=O)OC)C(C)C)[nH]4)ccc32)[nH]1)C(C)C. The van der Waals surface area contributed by atoms with E-state index >= 15 is 4.39 Å². The Labute approximate surface area is 410 Å². The van der Waals surface area contributed by atoms with E-state index in [2.05, 4.69) is 40.5 Å². The van der Waals surface area contributed by atoms with Gasteiger partial charge in [-0.3, -0.25) is 9.59 Å². The van der Waals surface area contributed by atoms with Gasteiger partial charge in [-0.2, -0.15) is 0 Å². The summed E-state index contributed by atoms with van der Waals surface area (Å²) in [5, 5.41) is 6.24. The molecule has 5 atom stereocenters. The Kier molecular flexibility index (Phi) is 12.3. The number of nitrogens with one attached hydrogen (secondary N) is 4. The van der Waals surface area contributed by atoms with Gasteiger partial charge in [-0.1, -0.05) is 45.9 Å². The van der Waals surface area contributed by atoms with Gasteiger partial charge >= 0.3 is 12.2 Å². The monoisotopic (exact) mass is 969 g/mol. The molecular weight excluding hydrogens is 910 g/mol. The molecule has 0 bridgehead atoms. The van der Waals surface area contributed by atoms with Gasteiger partial charge in [0, 0.05) is 41.6 Å². The van der Waals surface area contributed by atoms with Crippen LogP contribution in [0.2, 0.25) is 0 Å². The van der Waals surface area contributed by atoms with Gasteiger partial charge in [0.2, 0.25) is 18.0 Å². The van der Waals surface area contributed by atoms with Crippen LogP contribution in [-0.2, 0) is 25.5 Å². The minimum absolute atomic E-state index is 0.160. The van der Waals surface area contributed by atoms with Crippen LogP contribution in [0.5, 0.6) is 11.5 Å². The lowest BCUT2D eigenvalue weighted by molar-refractivity contribution is -0.136. The van der Waals surface area contributed by atoms with Gasteiger partial charge in [-0.05, 0) is 93.3 Å². The van der Waals surface area contributed by atoms with Gasteiger partial charge in [-0.25, -0.2) is 23.9 Å². The van der Waals surface area contributed by atoms with Crippen LogP contribution in [0.15, 0.2) is 67.0 Å². The number of carbonyl (C=O) groups is 4. The molecule has 372 valence electrons. The molecule has 4 amide bonds. The predicted octanol–water partition coefficient (Wildman–Crippen LogP) is 8.97. The zero-order valence-corrected chi connectivity index (χ0v) is 41.2. The number of ether oxygens (including phenoxy) is 4. The Hall–Kier alpha value is -7.37. The van der Waals surface area contributed by atoms with Crippen molar-refractivity contribution in [3.8, 4) is 45.3 Å². The number of likely N-dealkylation sites (tertiary alicyclic amines) is 2. The number of carbonyl (C=O) groups excluding carboxylic acids is 4. The van der Waals surface area contributed by atoms with E-state index in [1.165, 1.54) is 20.3 Å². The van der Waals surface area contributed by atoms with Crippen LogP contribution in [0, 0.1) is 17.7 Å². The number of hydrogen-bond donors (Lipinski definition) is 4. The lowest BCUT2D eigenvalue weighted by Crippen LogP contribution is -2.51. The molecule has 0 saturated carbocycles. The molecule has 17 nitrogen and oxygen atoms in total. The molecule has 6 aromatic rings. The van der Waals surface area contributed by atoms with E-state index in [0.29, 0.717) is 65.8 Å². The van der Waals surface area contributed by atoms with Gasteiger partial charge in [0.05, 0.1) is 66.9 Å². The number of imidazole rings is 2. The minimum atomic E-state index is -0.781. The van der Waals surface area contributed by atoms with Crippen LogP contribution in [0.1, 0.15) is 108 Å². The van der Waals surface area contributed by atoms with Crippen LogP contribution < -0.4 is 20.1 Å². The van der Waals surface area contributed by atoms with Gasteiger partial charge in [0.15, 0.2) is 0 Å². The van der Waals surface area contributed by atoms with Crippen LogP contribution in [0.4, 0.5) is 14.0 Å². The summed E-state index contributed by atoms with van der Waals surface area (Å²) in [4.78, 5) is 71.9. The lowest BCUT2D eigenvalue weighted by atomic mass is 9.99. The van der Waals surface area contributed by atoms with E-state index in [1.54, 1.807) is 22.2 Å². The summed E-state index contributed by atoms with van der Waals surface area (Å²) >= 11 is 0. The molecule has 71 heavy (non-hydrogen) atoms. The summed E-state index contributed by atoms with van der Waals surface area (Å²) in [6.07, 6.45) is 5.06. The van der Waals surface area contributed by atoms with E-state index in [-0.39, 0.29) is 41.3 Å². The average molecular weight is 970 g/mol. The first-order chi connectivity index (χ1) is 34.0. The number of halogens is 1. The number of hydrogen-bond acceptors (Lipinski definition) is 10. The molecule has 18 heteroatoms. The molecule has 0 radical (unpaired) electrons. The van der Waals surface area contributed by atoms with Crippen molar-refractivity contribution in [1.82, 2.24) is 44.9 Å². The van der Waals surface area contributed by atoms with Crippen molar-refractivity contribution in [2.75, 3.05) is 27.3 Å². The van der Waals surface area contributed by atoms with Crippen molar-refractivity contribution < 1.29 is 42.5 Å². The van der Waals surface area contributed by atoms with Crippen molar-refractivity contribution in [3.63, 3.8) is 0 Å². The molecule has 4 aliphatic rings. The Morgan fingerprint density at radius 3 is 1.93 bits per heavy atom. The fraction of sp³-hybridized carbons (Fsp3) is 0.434. The Morgan fingerprint density at radius 2 is 1.35 bits per heavy atom. The first kappa shape index (κ1) is 47.3. The fourth-order valence-electron chi connectivity index (χ4n) is 10.8. The van der Waals surface area contributed by atoms with Crippen molar-refractivity contribution >= 4 is 34.9 Å². The second-order valence-corrected chi connectivity index (χ2v) is 20.3. The first-order valence-corrected chi connectivity index (χ1v) is 24.4. The zero-order chi connectivity index (χ0) is 50.0. The number of H-pyrrole nitrogens is 2. The highest BCUT2D eigenvalue weighted by Gasteiger charge is 2.40. The lowest BCUT2D eigenvalue weighted by Gasteiger charge is -2.31. The summed E-state index contributed by atoms with van der Waals surface area (Å²) in [7, 11) is 2.54. The summed E-state index contributed by atoms with van der Waals surface area (Å²) < 4.78 is 42.0. The molecular formula is C53H60FN9O8. The number of aromatic nitrogens is 5. The van der Waals surface area contributed by atoms with Crippen molar-refractivity contribution in [2.24, 2.45) is 11.8 Å². The third-order valence-corrected chi connectivity index (χ3v) is 14.3. The Bertz CT molecular complexity index is 3060. The standard InChI is InChI=1S/C53H60FN9O8/c1-27(2)44(59-51(66)68-7)48(64)61-17-9-11-38(61)46-55-25-35(57-46)29-15-16-37-33(19-29)21-40-43-34(54)20-32(23-42(43)70-50(63(37)40)30-13-14-31-24-53(5,6)71-41(31)22-30)36-26-56-47(58-36)39-12-10-18-62(39)49(65)45(28(3)4)60-52(67)69-8/h13-16,19-23,25-28,38-39,44-45,50H,9-12,17-18,24H2,1-8H3,(H,55,57)(H,56,58)(H,59,66)(H,60,67)/t38-,39-,44-,45-,50?/m0/s1. The molecule has 0 spiro atoms. The van der Waals surface area contributed by atoms with Crippen molar-refractivity contribution in [2.45, 2.75) is 110 Å². The Balaban J connectivity index is 0.986. The number of alkyl carbamates (subject to hydrolysis) is 2. The second kappa shape index (κ2) is 18.4. The number of methoxy groups -OCH3 is 2. The van der Waals surface area contributed by atoms with E-state index in [9.17, 15) is 19.2 Å². The normalized spacial score (nSPS) is 19.7. The smallest absolute Gasteiger partial charge is 0.407 e. The molecule has 2 fully saturated rings. The quantitative estimate of drug-likeness (QED) is 0.0972. The largest absolute Gasteiger partial charge is 0.487 e. The molecule has 1 unspecified atom stereocenters. The number of amides is 4. The average Bonchev–Trinajstić information content (AvgIpc) is 4.21. The third-order valence-electron chi connectivity index (χ3n) is 14.3. The van der Waals surface area contributed by atoms with Gasteiger partial charge in [0.1, 0.15) is 46.6 Å². The van der Waals surface area contributed by atoms with Crippen LogP contribution in [0.3, 0.4) is 0 Å². The van der Waals surface area contributed by atoms with Crippen molar-refractivity contribution in [1.29, 1.82) is 0 Å². The second-order valence-electron chi connectivity index (χ2n) is 20.3. The highest BCUT2D eigenvalue weighted by molar-refractivity contribution is 5.93. The topological polar surface area (TPSA) is 198 Å². The number of nitrogens with zero attached hydrogens (tertiary/aromatic N) is 5. The first-order valence-electron chi connectivity index (χ1n) is 24.4. The summed E-state index contributed by atoms with van der Waals surface area (Å²) in [5.74, 6) is 1.10. The number of rotatable bonds is 11. The van der Waals surface area contributed by atoms with Gasteiger partial charge in [-0.15, -0.1) is 0 Å². The molecule has 7 heterocycles. The number of aromatic amines is 2. The highest BCUT2D eigenvalue weighted by atomic mass is 19.1. The molecule has 0 aliphatic carbocycles. The highest BCUT2D eigenvalue weighted by Crippen LogP contribution is 2.49. The molecule has 3 aromatic carbocycles. The van der Waals surface area contributed by atoms with E-state index < -0.39 is 36.3 Å². The molecule has 3 aromatic heterocycles. The maximum atomic E-state index is 17.0. The van der Waals surface area contributed by atoms with E-state index in [4.69, 9.17) is 28.9 Å². The number of fused-ring (bicyclic) bond motifs is 6. The maximum absolute atomic E-state index is 17.0. The third kappa shape index (κ3) is 8.70.